The van der Waals surface area contributed by atoms with E-state index in [1.807, 2.05) is 58.0 Å². The van der Waals surface area contributed by atoms with E-state index in [4.69, 9.17) is 4.74 Å². The lowest BCUT2D eigenvalue weighted by Gasteiger charge is -2.20. The normalized spacial score (nSPS) is 12.6. The summed E-state index contributed by atoms with van der Waals surface area (Å²) >= 11 is 0. The summed E-state index contributed by atoms with van der Waals surface area (Å²) in [5, 5.41) is 13.2. The highest BCUT2D eigenvalue weighted by Gasteiger charge is 2.17. The Bertz CT molecular complexity index is 672. The minimum absolute atomic E-state index is 0.514. The van der Waals surface area contributed by atoms with Gasteiger partial charge in [0.15, 0.2) is 0 Å². The van der Waals surface area contributed by atoms with Gasteiger partial charge < -0.3 is 9.84 Å². The van der Waals surface area contributed by atoms with Crippen molar-refractivity contribution >= 4 is 11.8 Å². The molecule has 0 saturated carbocycles. The zero-order valence-corrected chi connectivity index (χ0v) is 14.0. The van der Waals surface area contributed by atoms with Gasteiger partial charge in [-0.05, 0) is 51.0 Å². The molecule has 0 radical (unpaired) electrons. The van der Waals surface area contributed by atoms with E-state index in [-0.39, 0.29) is 0 Å². The highest BCUT2D eigenvalue weighted by Crippen LogP contribution is 2.24. The Morgan fingerprint density at radius 1 is 1.09 bits per heavy atom. The van der Waals surface area contributed by atoms with Crippen LogP contribution in [0.1, 0.15) is 43.6 Å². The van der Waals surface area contributed by atoms with Gasteiger partial charge in [-0.1, -0.05) is 42.0 Å². The number of carbonyl (C=O) groups is 1. The molecule has 0 aliphatic heterocycles. The average Bonchev–Trinajstić information content (AvgIpc) is 2.45. The van der Waals surface area contributed by atoms with Crippen molar-refractivity contribution in [1.82, 2.24) is 0 Å². The fourth-order valence-corrected chi connectivity index (χ4v) is 2.15. The molecular formula is C19H23NO3. The number of hydrogen-bond donors (Lipinski definition) is 2. The Hall–Kier alpha value is -2.33. The maximum atomic E-state index is 11.8. The van der Waals surface area contributed by atoms with E-state index in [9.17, 15) is 9.90 Å². The molecule has 0 fully saturated rings. The molecule has 122 valence electrons. The zero-order valence-electron chi connectivity index (χ0n) is 14.0. The Morgan fingerprint density at radius 2 is 1.74 bits per heavy atom. The predicted molar refractivity (Wildman–Crippen MR) is 91.5 cm³/mol. The highest BCUT2D eigenvalue weighted by molar-refractivity contribution is 5.85. The number of rotatable bonds is 3. The Balaban J connectivity index is 2.13. The second-order valence-corrected chi connectivity index (χ2v) is 6.57. The standard InChI is InChI=1S/C19H23NO3/c1-13-8-10-14(11-9-13)17(21)15-6-5-7-16(12-15)20-18(22)23-19(2,3)4/h5-12,17,21H,1-4H3,(H,20,22). The summed E-state index contributed by atoms with van der Waals surface area (Å²) in [4.78, 5) is 11.8. The molecule has 0 saturated heterocycles. The average molecular weight is 313 g/mol. The zero-order chi connectivity index (χ0) is 17.0. The van der Waals surface area contributed by atoms with E-state index in [2.05, 4.69) is 5.32 Å². The molecule has 2 aromatic rings. The minimum Gasteiger partial charge on any atom is -0.444 e. The summed E-state index contributed by atoms with van der Waals surface area (Å²) in [5.41, 5.74) is 2.69. The number of anilines is 1. The molecule has 0 heterocycles. The fraction of sp³-hybridized carbons (Fsp3) is 0.316. The molecule has 0 spiro atoms. The number of nitrogens with one attached hydrogen (secondary N) is 1. The topological polar surface area (TPSA) is 58.6 Å². The molecule has 2 rings (SSSR count). The molecule has 1 unspecified atom stereocenters. The third-order valence-corrected chi connectivity index (χ3v) is 3.24. The van der Waals surface area contributed by atoms with Gasteiger partial charge in [-0.25, -0.2) is 4.79 Å². The molecule has 0 bridgehead atoms. The van der Waals surface area contributed by atoms with E-state index in [0.29, 0.717) is 11.3 Å². The summed E-state index contributed by atoms with van der Waals surface area (Å²) in [7, 11) is 0. The van der Waals surface area contributed by atoms with E-state index in [1.54, 1.807) is 18.2 Å². The van der Waals surface area contributed by atoms with Crippen LogP contribution in [-0.4, -0.2) is 16.8 Å². The van der Waals surface area contributed by atoms with Crippen molar-refractivity contribution in [2.75, 3.05) is 5.32 Å². The van der Waals surface area contributed by atoms with E-state index >= 15 is 0 Å². The van der Waals surface area contributed by atoms with Crippen LogP contribution in [0.5, 0.6) is 0 Å². The van der Waals surface area contributed by atoms with Crippen molar-refractivity contribution in [2.24, 2.45) is 0 Å². The van der Waals surface area contributed by atoms with Crippen molar-refractivity contribution in [3.05, 3.63) is 65.2 Å². The van der Waals surface area contributed by atoms with E-state index < -0.39 is 17.8 Å². The number of aliphatic hydroxyl groups is 1. The number of aryl methyl sites for hydroxylation is 1. The van der Waals surface area contributed by atoms with Gasteiger partial charge in [0.25, 0.3) is 0 Å². The quantitative estimate of drug-likeness (QED) is 0.881. The maximum absolute atomic E-state index is 11.8. The molecule has 4 heteroatoms. The van der Waals surface area contributed by atoms with Crippen molar-refractivity contribution in [3.8, 4) is 0 Å². The first-order valence-corrected chi connectivity index (χ1v) is 7.59. The largest absolute Gasteiger partial charge is 0.444 e. The van der Waals surface area contributed by atoms with E-state index in [0.717, 1.165) is 11.1 Å². The van der Waals surface area contributed by atoms with Crippen molar-refractivity contribution < 1.29 is 14.6 Å². The SMILES string of the molecule is Cc1ccc(C(O)c2cccc(NC(=O)OC(C)(C)C)c2)cc1. The van der Waals surface area contributed by atoms with E-state index in [1.165, 1.54) is 0 Å². The lowest BCUT2D eigenvalue weighted by Crippen LogP contribution is -2.27. The highest BCUT2D eigenvalue weighted by atomic mass is 16.6. The van der Waals surface area contributed by atoms with Gasteiger partial charge in [0, 0.05) is 5.69 Å². The molecular weight excluding hydrogens is 290 g/mol. The lowest BCUT2D eigenvalue weighted by molar-refractivity contribution is 0.0636. The third-order valence-electron chi connectivity index (χ3n) is 3.24. The number of carbonyl (C=O) groups excluding carboxylic acids is 1. The monoisotopic (exact) mass is 313 g/mol. The number of ether oxygens (including phenoxy) is 1. The van der Waals surface area contributed by atoms with Crippen molar-refractivity contribution in [2.45, 2.75) is 39.4 Å². The van der Waals surface area contributed by atoms with Crippen LogP contribution in [0.15, 0.2) is 48.5 Å². The van der Waals surface area contributed by atoms with Gasteiger partial charge >= 0.3 is 6.09 Å². The predicted octanol–water partition coefficient (Wildman–Crippen LogP) is 4.42. The van der Waals surface area contributed by atoms with Crippen molar-refractivity contribution in [1.29, 1.82) is 0 Å². The molecule has 2 aromatic carbocycles. The molecule has 1 atom stereocenters. The second-order valence-electron chi connectivity index (χ2n) is 6.57. The first-order chi connectivity index (χ1) is 10.7. The lowest BCUT2D eigenvalue weighted by atomic mass is 10.0. The smallest absolute Gasteiger partial charge is 0.412 e. The summed E-state index contributed by atoms with van der Waals surface area (Å²) in [6, 6.07) is 14.8. The third kappa shape index (κ3) is 5.11. The Labute approximate surface area is 137 Å². The summed E-state index contributed by atoms with van der Waals surface area (Å²) in [5.74, 6) is 0. The number of benzene rings is 2. The van der Waals surface area contributed by atoms with Crippen LogP contribution >= 0.6 is 0 Å². The number of amides is 1. The van der Waals surface area contributed by atoms with Gasteiger partial charge in [0.1, 0.15) is 11.7 Å². The van der Waals surface area contributed by atoms with Crippen LogP contribution in [0.4, 0.5) is 10.5 Å². The maximum Gasteiger partial charge on any atom is 0.412 e. The second kappa shape index (κ2) is 6.84. The summed E-state index contributed by atoms with van der Waals surface area (Å²) in [6.45, 7) is 7.43. The minimum atomic E-state index is -0.740. The summed E-state index contributed by atoms with van der Waals surface area (Å²) in [6.07, 6.45) is -1.25. The van der Waals surface area contributed by atoms with Crippen molar-refractivity contribution in [3.63, 3.8) is 0 Å². The molecule has 2 N–H and O–H groups in total. The van der Waals surface area contributed by atoms with Gasteiger partial charge in [-0.15, -0.1) is 0 Å². The van der Waals surface area contributed by atoms with Crippen LogP contribution in [-0.2, 0) is 4.74 Å². The molecule has 1 amide bonds. The first kappa shape index (κ1) is 17.0. The molecule has 0 aromatic heterocycles. The van der Waals surface area contributed by atoms with Crippen LogP contribution in [0.2, 0.25) is 0 Å². The Kier molecular flexibility index (Phi) is 5.06. The molecule has 0 aliphatic rings. The van der Waals surface area contributed by atoms with Gasteiger partial charge in [0.05, 0.1) is 0 Å². The number of hydrogen-bond acceptors (Lipinski definition) is 3. The molecule has 4 nitrogen and oxygen atoms in total. The Morgan fingerprint density at radius 3 is 2.35 bits per heavy atom. The summed E-state index contributed by atoms with van der Waals surface area (Å²) < 4.78 is 5.23. The molecule has 23 heavy (non-hydrogen) atoms. The van der Waals surface area contributed by atoms with Crippen LogP contribution in [0, 0.1) is 6.92 Å². The molecule has 0 aliphatic carbocycles. The fourth-order valence-electron chi connectivity index (χ4n) is 2.15. The van der Waals surface area contributed by atoms with Gasteiger partial charge in [-0.3, -0.25) is 5.32 Å². The van der Waals surface area contributed by atoms with Gasteiger partial charge in [0.2, 0.25) is 0 Å². The van der Waals surface area contributed by atoms with Gasteiger partial charge in [-0.2, -0.15) is 0 Å². The van der Waals surface area contributed by atoms with Crippen LogP contribution in [0.3, 0.4) is 0 Å². The van der Waals surface area contributed by atoms with Crippen LogP contribution < -0.4 is 5.32 Å². The first-order valence-electron chi connectivity index (χ1n) is 7.59. The number of aliphatic hydroxyl groups excluding tert-OH is 1. The van der Waals surface area contributed by atoms with Crippen LogP contribution in [0.25, 0.3) is 0 Å².